The largest absolute Gasteiger partial charge is 0.390 e. The minimum atomic E-state index is -2.66. The van der Waals surface area contributed by atoms with Gasteiger partial charge in [0.15, 0.2) is 0 Å². The molecule has 3 aromatic rings. The van der Waals surface area contributed by atoms with Crippen LogP contribution in [0.2, 0.25) is 5.04 Å². The predicted octanol–water partition coefficient (Wildman–Crippen LogP) is 4.94. The van der Waals surface area contributed by atoms with Crippen molar-refractivity contribution in [2.75, 3.05) is 0 Å². The number of benzene rings is 3. The van der Waals surface area contributed by atoms with E-state index in [2.05, 4.69) is 75.2 Å². The predicted molar refractivity (Wildman–Crippen MR) is 117 cm³/mol. The Bertz CT molecular complexity index is 850. The van der Waals surface area contributed by atoms with Crippen LogP contribution in [0.25, 0.3) is 0 Å². The second kappa shape index (κ2) is 7.96. The van der Waals surface area contributed by atoms with Gasteiger partial charge in [0, 0.05) is 0 Å². The van der Waals surface area contributed by atoms with Gasteiger partial charge in [-0.1, -0.05) is 118 Å². The van der Waals surface area contributed by atoms with E-state index in [4.69, 9.17) is 10.8 Å². The van der Waals surface area contributed by atoms with Crippen LogP contribution in [0.1, 0.15) is 32.4 Å². The van der Waals surface area contributed by atoms with Crippen molar-refractivity contribution in [2.24, 2.45) is 0 Å². The van der Waals surface area contributed by atoms with Crippen LogP contribution in [0.5, 0.6) is 0 Å². The lowest BCUT2D eigenvalue weighted by molar-refractivity contribution is 0.247. The maximum Gasteiger partial charge on any atom is 0.263 e. The molecule has 136 valence electrons. The minimum absolute atomic E-state index is 0.0976. The van der Waals surface area contributed by atoms with Crippen LogP contribution in [0, 0.1) is 12.3 Å². The summed E-state index contributed by atoms with van der Waals surface area (Å²) in [7, 11) is -2.66. The number of hydrogen-bond acceptors (Lipinski definition) is 1. The summed E-state index contributed by atoms with van der Waals surface area (Å²) in [4.78, 5) is 0. The lowest BCUT2D eigenvalue weighted by Crippen LogP contribution is -2.66. The Morgan fingerprint density at radius 1 is 0.741 bits per heavy atom. The van der Waals surface area contributed by atoms with Crippen molar-refractivity contribution in [3.8, 4) is 12.3 Å². The van der Waals surface area contributed by atoms with E-state index in [-0.39, 0.29) is 5.04 Å². The molecular weight excluding hydrogens is 344 g/mol. The molecule has 1 nitrogen and oxygen atoms in total. The molecule has 2 heteroatoms. The first kappa shape index (κ1) is 19.2. The van der Waals surface area contributed by atoms with Crippen LogP contribution < -0.4 is 10.4 Å². The Kier molecular flexibility index (Phi) is 5.65. The van der Waals surface area contributed by atoms with E-state index in [9.17, 15) is 0 Å². The summed E-state index contributed by atoms with van der Waals surface area (Å²) in [5.41, 5.74) is 1.02. The summed E-state index contributed by atoms with van der Waals surface area (Å²) in [6.45, 7) is 6.79. The van der Waals surface area contributed by atoms with Crippen molar-refractivity contribution in [2.45, 2.75) is 31.9 Å². The fourth-order valence-corrected chi connectivity index (χ4v) is 8.27. The fourth-order valence-electron chi connectivity index (χ4n) is 3.69. The summed E-state index contributed by atoms with van der Waals surface area (Å²) >= 11 is 0. The van der Waals surface area contributed by atoms with Gasteiger partial charge < -0.3 is 4.43 Å². The Balaban J connectivity index is 2.22. The Morgan fingerprint density at radius 3 is 1.52 bits per heavy atom. The second-order valence-electron chi connectivity index (χ2n) is 7.74. The molecule has 1 atom stereocenters. The zero-order valence-corrected chi connectivity index (χ0v) is 17.2. The monoisotopic (exact) mass is 370 g/mol. The van der Waals surface area contributed by atoms with Crippen LogP contribution in [0.4, 0.5) is 0 Å². The van der Waals surface area contributed by atoms with E-state index in [0.29, 0.717) is 0 Å². The third-order valence-corrected chi connectivity index (χ3v) is 9.96. The third kappa shape index (κ3) is 3.76. The molecule has 0 N–H and O–H groups in total. The zero-order valence-electron chi connectivity index (χ0n) is 16.2. The van der Waals surface area contributed by atoms with Crippen LogP contribution in [-0.4, -0.2) is 8.32 Å². The summed E-state index contributed by atoms with van der Waals surface area (Å²) in [5.74, 6) is 2.90. The molecule has 0 radical (unpaired) electrons. The minimum Gasteiger partial charge on any atom is -0.390 e. The quantitative estimate of drug-likeness (QED) is 0.457. The first-order chi connectivity index (χ1) is 13.0. The molecule has 3 aromatic carbocycles. The zero-order chi connectivity index (χ0) is 19.3. The van der Waals surface area contributed by atoms with Gasteiger partial charge in [-0.25, -0.2) is 0 Å². The average Bonchev–Trinajstić information content (AvgIpc) is 2.70. The van der Waals surface area contributed by atoms with E-state index in [1.807, 2.05) is 42.5 Å². The first-order valence-corrected chi connectivity index (χ1v) is 11.2. The average molecular weight is 371 g/mol. The molecule has 27 heavy (non-hydrogen) atoms. The molecule has 0 saturated heterocycles. The summed E-state index contributed by atoms with van der Waals surface area (Å²) in [6, 6.07) is 31.3. The highest BCUT2D eigenvalue weighted by Gasteiger charge is 2.51. The van der Waals surface area contributed by atoms with Gasteiger partial charge in [0.1, 0.15) is 6.10 Å². The van der Waals surface area contributed by atoms with E-state index in [1.165, 1.54) is 10.4 Å². The molecule has 0 heterocycles. The maximum absolute atomic E-state index is 7.01. The molecule has 0 amide bonds. The fraction of sp³-hybridized carbons (Fsp3) is 0.200. The van der Waals surface area contributed by atoms with Gasteiger partial charge in [-0.2, -0.15) is 0 Å². The van der Waals surface area contributed by atoms with Crippen molar-refractivity contribution in [3.05, 3.63) is 96.6 Å². The van der Waals surface area contributed by atoms with Gasteiger partial charge in [0.25, 0.3) is 8.32 Å². The second-order valence-corrected chi connectivity index (χ2v) is 12.0. The molecule has 0 spiro atoms. The molecule has 0 aliphatic heterocycles. The highest BCUT2D eigenvalue weighted by atomic mass is 28.4. The summed E-state index contributed by atoms with van der Waals surface area (Å²) in [5, 5.41) is 2.37. The maximum atomic E-state index is 7.01. The Labute approximate surface area is 164 Å². The number of rotatable bonds is 5. The Hall–Kier alpha value is -2.60. The van der Waals surface area contributed by atoms with Crippen molar-refractivity contribution < 1.29 is 4.43 Å². The molecule has 1 unspecified atom stereocenters. The van der Waals surface area contributed by atoms with Crippen molar-refractivity contribution >= 4 is 18.7 Å². The molecular formula is C25H26OSi. The lowest BCUT2D eigenvalue weighted by atomic mass is 10.1. The number of hydrogen-bond donors (Lipinski definition) is 0. The van der Waals surface area contributed by atoms with Gasteiger partial charge in [-0.3, -0.25) is 0 Å². The normalized spacial score (nSPS) is 13.0. The molecule has 0 aromatic heterocycles. The smallest absolute Gasteiger partial charge is 0.263 e. The highest BCUT2D eigenvalue weighted by molar-refractivity contribution is 6.99. The Morgan fingerprint density at radius 2 is 1.15 bits per heavy atom. The highest BCUT2D eigenvalue weighted by Crippen LogP contribution is 2.39. The van der Waals surface area contributed by atoms with E-state index >= 15 is 0 Å². The topological polar surface area (TPSA) is 9.23 Å². The molecule has 0 fully saturated rings. The van der Waals surface area contributed by atoms with Crippen LogP contribution >= 0.6 is 0 Å². The van der Waals surface area contributed by atoms with E-state index < -0.39 is 14.4 Å². The van der Waals surface area contributed by atoms with Crippen molar-refractivity contribution in [3.63, 3.8) is 0 Å². The van der Waals surface area contributed by atoms with Gasteiger partial charge >= 0.3 is 0 Å². The molecule has 0 bridgehead atoms. The first-order valence-electron chi connectivity index (χ1n) is 9.29. The van der Waals surface area contributed by atoms with E-state index in [1.54, 1.807) is 0 Å². The van der Waals surface area contributed by atoms with Crippen LogP contribution in [0.3, 0.4) is 0 Å². The summed E-state index contributed by atoms with van der Waals surface area (Å²) in [6.07, 6.45) is 5.57. The van der Waals surface area contributed by atoms with E-state index in [0.717, 1.165) is 5.56 Å². The van der Waals surface area contributed by atoms with Gasteiger partial charge in [0.2, 0.25) is 0 Å². The molecule has 0 aliphatic rings. The summed E-state index contributed by atoms with van der Waals surface area (Å²) < 4.78 is 7.01. The number of terminal acetylenes is 1. The SMILES string of the molecule is C#CC(O[Si](c1ccccc1)(c1ccccc1)C(C)(C)C)c1ccccc1. The van der Waals surface area contributed by atoms with Crippen LogP contribution in [-0.2, 0) is 4.43 Å². The van der Waals surface area contributed by atoms with Gasteiger partial charge in [-0.05, 0) is 21.0 Å². The third-order valence-electron chi connectivity index (χ3n) is 4.97. The lowest BCUT2D eigenvalue weighted by Gasteiger charge is -2.44. The van der Waals surface area contributed by atoms with Gasteiger partial charge in [0.05, 0.1) is 0 Å². The van der Waals surface area contributed by atoms with Crippen LogP contribution in [0.15, 0.2) is 91.0 Å². The molecule has 0 saturated carbocycles. The molecule has 3 rings (SSSR count). The standard InChI is InChI=1S/C25H26OSi/c1-5-24(21-15-9-6-10-16-21)26-27(25(2,3)4,22-17-11-7-12-18-22)23-19-13-8-14-20-23/h1,6-20,24H,2-4H3. The molecule has 0 aliphatic carbocycles. The van der Waals surface area contributed by atoms with Crippen molar-refractivity contribution in [1.29, 1.82) is 0 Å². The van der Waals surface area contributed by atoms with Crippen molar-refractivity contribution in [1.82, 2.24) is 0 Å². The van der Waals surface area contributed by atoms with Gasteiger partial charge in [-0.15, -0.1) is 6.42 Å².